The number of halogens is 5. The Labute approximate surface area is 216 Å². The molecule has 1 aliphatic rings. The predicted molar refractivity (Wildman–Crippen MR) is 132 cm³/mol. The number of nitrogens with zero attached hydrogens (tertiary/aromatic N) is 3. The normalized spacial score (nSPS) is 17.6. The highest BCUT2D eigenvalue weighted by Gasteiger charge is 2.45. The Morgan fingerprint density at radius 1 is 1.00 bits per heavy atom. The minimum absolute atomic E-state index is 0.0175. The van der Waals surface area contributed by atoms with Gasteiger partial charge in [0.25, 0.3) is 10.0 Å². The molecule has 0 saturated carbocycles. The monoisotopic (exact) mass is 581 g/mol. The molecule has 0 spiro atoms. The van der Waals surface area contributed by atoms with Crippen LogP contribution < -0.4 is 4.90 Å². The van der Waals surface area contributed by atoms with Crippen molar-refractivity contribution in [3.05, 3.63) is 58.6 Å². The van der Waals surface area contributed by atoms with Gasteiger partial charge in [0.15, 0.2) is 15.7 Å². The molecule has 14 heteroatoms. The Kier molecular flexibility index (Phi) is 6.87. The van der Waals surface area contributed by atoms with Gasteiger partial charge in [-0.05, 0) is 56.3 Å². The fourth-order valence-electron chi connectivity index (χ4n) is 3.86. The predicted octanol–water partition coefficient (Wildman–Crippen LogP) is 5.37. The first-order valence-corrected chi connectivity index (χ1v) is 14.4. The maximum atomic E-state index is 13.9. The summed E-state index contributed by atoms with van der Waals surface area (Å²) in [5.41, 5.74) is -0.0297. The Morgan fingerprint density at radius 2 is 1.61 bits per heavy atom. The number of sulfone groups is 1. The summed E-state index contributed by atoms with van der Waals surface area (Å²) in [6.07, 6.45) is -3.75. The van der Waals surface area contributed by atoms with E-state index in [1.165, 1.54) is 44.2 Å². The van der Waals surface area contributed by atoms with Crippen LogP contribution in [0.3, 0.4) is 0 Å². The number of rotatable bonds is 5. The second-order valence-corrected chi connectivity index (χ2v) is 13.6. The van der Waals surface area contributed by atoms with Gasteiger partial charge in [0.2, 0.25) is 0 Å². The number of hydrogen-bond acceptors (Lipinski definition) is 6. The van der Waals surface area contributed by atoms with Crippen LogP contribution >= 0.6 is 23.2 Å². The van der Waals surface area contributed by atoms with Crippen molar-refractivity contribution in [2.45, 2.75) is 47.5 Å². The standard InChI is InChI=1S/C22H20Cl2F3N3O4S2/c1-13(2)35(31,32)15-6-8-16(9-7-15)36(33,34)30-18-5-3-4-17(24)20(18)21(28-30)29-11-10-14(23)12-19(29)22(25,26)27/h3-9,12-13,19H,10-11H2,1-2H3. The average molecular weight is 582 g/mol. The number of fused-ring (bicyclic) bond motifs is 1. The van der Waals surface area contributed by atoms with Crippen molar-refractivity contribution in [3.8, 4) is 0 Å². The van der Waals surface area contributed by atoms with E-state index in [-0.39, 0.29) is 49.5 Å². The van der Waals surface area contributed by atoms with Gasteiger partial charge in [0, 0.05) is 18.0 Å². The molecule has 194 valence electrons. The van der Waals surface area contributed by atoms with Gasteiger partial charge >= 0.3 is 6.18 Å². The molecule has 7 nitrogen and oxygen atoms in total. The highest BCUT2D eigenvalue weighted by atomic mass is 35.5. The number of anilines is 1. The summed E-state index contributed by atoms with van der Waals surface area (Å²) in [5, 5.41) is 3.46. The SMILES string of the molecule is CC(C)S(=O)(=O)c1ccc(S(=O)(=O)n2nc(N3CCC(Cl)=CC3C(F)(F)F)c3c(Cl)cccc32)cc1. The molecule has 0 N–H and O–H groups in total. The minimum Gasteiger partial charge on any atom is -0.339 e. The van der Waals surface area contributed by atoms with Crippen LogP contribution in [-0.2, 0) is 19.9 Å². The molecule has 4 rings (SSSR count). The topological polar surface area (TPSA) is 89.3 Å². The molecule has 3 aromatic rings. The lowest BCUT2D eigenvalue weighted by Gasteiger charge is -2.34. The van der Waals surface area contributed by atoms with Crippen LogP contribution in [-0.4, -0.2) is 50.0 Å². The van der Waals surface area contributed by atoms with Crippen molar-refractivity contribution in [3.63, 3.8) is 0 Å². The molecule has 2 aromatic carbocycles. The highest BCUT2D eigenvalue weighted by Crippen LogP contribution is 2.40. The van der Waals surface area contributed by atoms with E-state index < -0.39 is 37.3 Å². The van der Waals surface area contributed by atoms with Crippen molar-refractivity contribution in [1.29, 1.82) is 0 Å². The Balaban J connectivity index is 1.89. The third kappa shape index (κ3) is 4.59. The first-order chi connectivity index (χ1) is 16.7. The molecular weight excluding hydrogens is 562 g/mol. The maximum Gasteiger partial charge on any atom is 0.412 e. The van der Waals surface area contributed by atoms with Crippen molar-refractivity contribution in [2.24, 2.45) is 0 Å². The van der Waals surface area contributed by atoms with E-state index in [1.54, 1.807) is 0 Å². The molecule has 0 saturated heterocycles. The summed E-state index contributed by atoms with van der Waals surface area (Å²) in [6, 6.07) is 6.68. The Bertz CT molecular complexity index is 1570. The second-order valence-electron chi connectivity index (χ2n) is 8.41. The van der Waals surface area contributed by atoms with Crippen molar-refractivity contribution >= 4 is 59.8 Å². The zero-order valence-corrected chi connectivity index (χ0v) is 22.0. The van der Waals surface area contributed by atoms with E-state index in [1.807, 2.05) is 0 Å². The molecule has 0 bridgehead atoms. The van der Waals surface area contributed by atoms with Crippen LogP contribution in [0, 0.1) is 0 Å². The van der Waals surface area contributed by atoms with Crippen LogP contribution in [0.15, 0.2) is 63.4 Å². The lowest BCUT2D eigenvalue weighted by atomic mass is 10.1. The third-order valence-electron chi connectivity index (χ3n) is 5.78. The molecule has 2 heterocycles. The van der Waals surface area contributed by atoms with Crippen molar-refractivity contribution in [1.82, 2.24) is 9.19 Å². The number of benzene rings is 2. The van der Waals surface area contributed by atoms with Gasteiger partial charge in [-0.15, -0.1) is 5.10 Å². The fraction of sp³-hybridized carbons (Fsp3) is 0.318. The van der Waals surface area contributed by atoms with E-state index in [4.69, 9.17) is 23.2 Å². The van der Waals surface area contributed by atoms with Gasteiger partial charge in [-0.1, -0.05) is 29.3 Å². The van der Waals surface area contributed by atoms with Crippen LogP contribution in [0.25, 0.3) is 10.9 Å². The molecule has 0 amide bonds. The van der Waals surface area contributed by atoms with E-state index in [0.717, 1.165) is 23.1 Å². The van der Waals surface area contributed by atoms with E-state index in [9.17, 15) is 30.0 Å². The third-order valence-corrected chi connectivity index (χ3v) is 10.2. The smallest absolute Gasteiger partial charge is 0.339 e. The molecule has 1 aliphatic heterocycles. The summed E-state index contributed by atoms with van der Waals surface area (Å²) in [7, 11) is -8.09. The van der Waals surface area contributed by atoms with E-state index in [0.29, 0.717) is 4.09 Å². The minimum atomic E-state index is -4.71. The van der Waals surface area contributed by atoms with E-state index in [2.05, 4.69) is 5.10 Å². The van der Waals surface area contributed by atoms with Gasteiger partial charge in [-0.25, -0.2) is 8.42 Å². The molecule has 1 unspecified atom stereocenters. The number of hydrogen-bond donors (Lipinski definition) is 0. The van der Waals surface area contributed by atoms with Gasteiger partial charge < -0.3 is 4.90 Å². The summed E-state index contributed by atoms with van der Waals surface area (Å²) in [5.74, 6) is -0.263. The maximum absolute atomic E-state index is 13.9. The Morgan fingerprint density at radius 3 is 2.19 bits per heavy atom. The van der Waals surface area contributed by atoms with Crippen LogP contribution in [0.4, 0.5) is 19.0 Å². The quantitative estimate of drug-likeness (QED) is 0.402. The molecular formula is C22H20Cl2F3N3O4S2. The summed E-state index contributed by atoms with van der Waals surface area (Å²) < 4.78 is 94.0. The highest BCUT2D eigenvalue weighted by molar-refractivity contribution is 7.92. The lowest BCUT2D eigenvalue weighted by Crippen LogP contribution is -2.47. The largest absolute Gasteiger partial charge is 0.412 e. The summed E-state index contributed by atoms with van der Waals surface area (Å²) >= 11 is 12.2. The van der Waals surface area contributed by atoms with Crippen molar-refractivity contribution < 1.29 is 30.0 Å². The van der Waals surface area contributed by atoms with Crippen molar-refractivity contribution in [2.75, 3.05) is 11.4 Å². The zero-order valence-electron chi connectivity index (χ0n) is 18.9. The first-order valence-electron chi connectivity index (χ1n) is 10.6. The molecule has 1 atom stereocenters. The first kappa shape index (κ1) is 26.8. The van der Waals surface area contributed by atoms with Gasteiger partial charge in [-0.2, -0.15) is 25.7 Å². The molecule has 0 aliphatic carbocycles. The molecule has 0 fully saturated rings. The Hall–Kier alpha value is -2.28. The summed E-state index contributed by atoms with van der Waals surface area (Å²) in [6.45, 7) is 2.83. The number of alkyl halides is 3. The molecule has 0 radical (unpaired) electrons. The molecule has 1 aromatic heterocycles. The van der Waals surface area contributed by atoms with Gasteiger partial charge in [-0.3, -0.25) is 0 Å². The average Bonchev–Trinajstić information content (AvgIpc) is 3.20. The lowest BCUT2D eigenvalue weighted by molar-refractivity contribution is -0.138. The van der Waals surface area contributed by atoms with Crippen LogP contribution in [0.5, 0.6) is 0 Å². The van der Waals surface area contributed by atoms with Crippen LogP contribution in [0.1, 0.15) is 20.3 Å². The number of aromatic nitrogens is 2. The molecule has 36 heavy (non-hydrogen) atoms. The van der Waals surface area contributed by atoms with Gasteiger partial charge in [0.1, 0.15) is 6.04 Å². The fourth-order valence-corrected chi connectivity index (χ4v) is 6.65. The van der Waals surface area contributed by atoms with E-state index >= 15 is 0 Å². The second kappa shape index (κ2) is 9.23. The zero-order chi connectivity index (χ0) is 26.6. The van der Waals surface area contributed by atoms with Crippen LogP contribution in [0.2, 0.25) is 5.02 Å². The van der Waals surface area contributed by atoms with Gasteiger partial charge in [0.05, 0.1) is 31.0 Å². The summed E-state index contributed by atoms with van der Waals surface area (Å²) in [4.78, 5) is 0.565.